The fourth-order valence-electron chi connectivity index (χ4n) is 4.04. The van der Waals surface area contributed by atoms with Crippen LogP contribution in [-0.2, 0) is 43.1 Å². The van der Waals surface area contributed by atoms with Crippen molar-refractivity contribution in [2.45, 2.75) is 77.1 Å². The summed E-state index contributed by atoms with van der Waals surface area (Å²) in [4.78, 5) is 36.6. The van der Waals surface area contributed by atoms with Crippen molar-refractivity contribution in [2.24, 2.45) is 0 Å². The SMILES string of the molecule is CCCC1(C)OC(=O)C(CC(=O)Nc2nnc(CCCCc3nnc(NC(=O)Cc4cccc(F)c4)s3)s2)O1. The third-order valence-electron chi connectivity index (χ3n) is 5.76. The van der Waals surface area contributed by atoms with Gasteiger partial charge in [-0.3, -0.25) is 9.59 Å². The first kappa shape index (κ1) is 28.6. The summed E-state index contributed by atoms with van der Waals surface area (Å²) in [6, 6.07) is 5.91. The number of unbranched alkanes of at least 4 members (excludes halogenated alkanes) is 1. The molecule has 2 N–H and O–H groups in total. The van der Waals surface area contributed by atoms with Crippen molar-refractivity contribution < 1.29 is 28.2 Å². The number of anilines is 2. The molecule has 0 aliphatic carbocycles. The van der Waals surface area contributed by atoms with Gasteiger partial charge in [-0.2, -0.15) is 0 Å². The lowest BCUT2D eigenvalue weighted by Gasteiger charge is -2.20. The molecule has 2 atom stereocenters. The Labute approximate surface area is 232 Å². The standard InChI is InChI=1S/C25H29FN6O5S2/c1-3-11-25(2)36-17(22(35)37-25)14-19(34)28-24-32-30-21(39-24)10-5-4-9-20-29-31-23(38-20)27-18(33)13-15-7-6-8-16(26)12-15/h6-8,12,17H,3-5,9-11,13-14H2,1-2H3,(H,27,31,33)(H,28,32,34). The van der Waals surface area contributed by atoms with E-state index in [0.29, 0.717) is 35.1 Å². The molecule has 2 aromatic heterocycles. The highest BCUT2D eigenvalue weighted by molar-refractivity contribution is 7.15. The highest BCUT2D eigenvalue weighted by Crippen LogP contribution is 2.30. The van der Waals surface area contributed by atoms with E-state index in [0.717, 1.165) is 29.3 Å². The first-order chi connectivity index (χ1) is 18.7. The number of carbonyl (C=O) groups is 3. The molecule has 0 radical (unpaired) electrons. The summed E-state index contributed by atoms with van der Waals surface area (Å²) >= 11 is 2.58. The number of hydrogen-bond acceptors (Lipinski definition) is 11. The average molecular weight is 577 g/mol. The van der Waals surface area contributed by atoms with Crippen LogP contribution in [0.25, 0.3) is 0 Å². The maximum atomic E-state index is 13.3. The van der Waals surface area contributed by atoms with Gasteiger partial charge in [-0.1, -0.05) is 41.7 Å². The molecule has 2 amide bonds. The number of amides is 2. The van der Waals surface area contributed by atoms with Gasteiger partial charge >= 0.3 is 5.97 Å². The molecule has 4 rings (SSSR count). The third-order valence-corrected chi connectivity index (χ3v) is 7.55. The van der Waals surface area contributed by atoms with Gasteiger partial charge in [0.05, 0.1) is 12.8 Å². The van der Waals surface area contributed by atoms with Crippen LogP contribution in [0.3, 0.4) is 0 Å². The molecule has 14 heteroatoms. The summed E-state index contributed by atoms with van der Waals surface area (Å²) in [7, 11) is 0. The molecule has 2 unspecified atom stereocenters. The number of nitrogens with one attached hydrogen (secondary N) is 2. The smallest absolute Gasteiger partial charge is 0.338 e. The van der Waals surface area contributed by atoms with E-state index in [2.05, 4.69) is 31.0 Å². The molecule has 1 fully saturated rings. The van der Waals surface area contributed by atoms with Crippen molar-refractivity contribution in [1.82, 2.24) is 20.4 Å². The molecule has 0 bridgehead atoms. The maximum Gasteiger partial charge on any atom is 0.338 e. The zero-order chi connectivity index (χ0) is 27.8. The Balaban J connectivity index is 1.14. The number of benzene rings is 1. The van der Waals surface area contributed by atoms with Gasteiger partial charge in [-0.05, 0) is 37.0 Å². The molecule has 1 aromatic carbocycles. The Morgan fingerprint density at radius 2 is 1.67 bits per heavy atom. The van der Waals surface area contributed by atoms with Gasteiger partial charge in [0.2, 0.25) is 27.9 Å². The van der Waals surface area contributed by atoms with Crippen LogP contribution < -0.4 is 10.6 Å². The van der Waals surface area contributed by atoms with E-state index in [4.69, 9.17) is 9.47 Å². The predicted molar refractivity (Wildman–Crippen MR) is 143 cm³/mol. The van der Waals surface area contributed by atoms with Crippen LogP contribution in [0.4, 0.5) is 14.7 Å². The number of carbonyl (C=O) groups excluding carboxylic acids is 3. The Kier molecular flexibility index (Phi) is 9.64. The minimum absolute atomic E-state index is 0.0518. The quantitative estimate of drug-likeness (QED) is 0.227. The number of rotatable bonds is 13. The van der Waals surface area contributed by atoms with E-state index < -0.39 is 23.8 Å². The van der Waals surface area contributed by atoms with Crippen molar-refractivity contribution in [3.8, 4) is 0 Å². The summed E-state index contributed by atoms with van der Waals surface area (Å²) in [5.41, 5.74) is 0.583. The van der Waals surface area contributed by atoms with Crippen LogP contribution >= 0.6 is 22.7 Å². The predicted octanol–water partition coefficient (Wildman–Crippen LogP) is 4.06. The summed E-state index contributed by atoms with van der Waals surface area (Å²) in [5, 5.41) is 24.0. The number of aromatic nitrogens is 4. The molecule has 3 aromatic rings. The van der Waals surface area contributed by atoms with E-state index in [1.165, 1.54) is 34.8 Å². The van der Waals surface area contributed by atoms with E-state index in [1.54, 1.807) is 19.1 Å². The van der Waals surface area contributed by atoms with Crippen molar-refractivity contribution in [1.29, 1.82) is 0 Å². The Hall–Kier alpha value is -3.36. The van der Waals surface area contributed by atoms with Crippen LogP contribution in [0.1, 0.15) is 61.5 Å². The molecule has 0 spiro atoms. The third kappa shape index (κ3) is 8.57. The number of halogens is 1. The lowest BCUT2D eigenvalue weighted by Crippen LogP contribution is -2.28. The van der Waals surface area contributed by atoms with Gasteiger partial charge < -0.3 is 20.1 Å². The van der Waals surface area contributed by atoms with Crippen LogP contribution in [0.15, 0.2) is 24.3 Å². The summed E-state index contributed by atoms with van der Waals surface area (Å²) < 4.78 is 24.2. The highest BCUT2D eigenvalue weighted by atomic mass is 32.1. The lowest BCUT2D eigenvalue weighted by atomic mass is 10.1. The summed E-state index contributed by atoms with van der Waals surface area (Å²) in [6.45, 7) is 3.66. The molecular formula is C25H29FN6O5S2. The average Bonchev–Trinajstić information content (AvgIpc) is 3.56. The van der Waals surface area contributed by atoms with Gasteiger partial charge in [0.25, 0.3) is 0 Å². The Morgan fingerprint density at radius 3 is 2.28 bits per heavy atom. The van der Waals surface area contributed by atoms with E-state index in [-0.39, 0.29) is 24.6 Å². The monoisotopic (exact) mass is 576 g/mol. The molecule has 3 heterocycles. The molecular weight excluding hydrogens is 547 g/mol. The van der Waals surface area contributed by atoms with Crippen LogP contribution in [0.5, 0.6) is 0 Å². The Morgan fingerprint density at radius 1 is 1.03 bits per heavy atom. The van der Waals surface area contributed by atoms with Gasteiger partial charge in [-0.15, -0.1) is 20.4 Å². The van der Waals surface area contributed by atoms with Crippen LogP contribution in [0, 0.1) is 5.82 Å². The highest BCUT2D eigenvalue weighted by Gasteiger charge is 2.44. The van der Waals surface area contributed by atoms with Gasteiger partial charge in [0.1, 0.15) is 15.8 Å². The van der Waals surface area contributed by atoms with E-state index >= 15 is 0 Å². The number of hydrogen-bond donors (Lipinski definition) is 2. The second kappa shape index (κ2) is 13.1. The number of aryl methyl sites for hydroxylation is 2. The minimum atomic E-state index is -0.985. The van der Waals surface area contributed by atoms with Gasteiger partial charge in [0, 0.05) is 26.2 Å². The van der Waals surface area contributed by atoms with Crippen molar-refractivity contribution in [3.63, 3.8) is 0 Å². The second-order valence-corrected chi connectivity index (χ2v) is 11.4. The van der Waals surface area contributed by atoms with Crippen molar-refractivity contribution >= 4 is 50.7 Å². The minimum Gasteiger partial charge on any atom is -0.431 e. The zero-order valence-electron chi connectivity index (χ0n) is 21.6. The molecule has 1 saturated heterocycles. The second-order valence-electron chi connectivity index (χ2n) is 9.23. The van der Waals surface area contributed by atoms with Crippen LogP contribution in [-0.4, -0.2) is 50.1 Å². The lowest BCUT2D eigenvalue weighted by molar-refractivity contribution is -0.171. The first-order valence-corrected chi connectivity index (χ1v) is 14.2. The largest absolute Gasteiger partial charge is 0.431 e. The first-order valence-electron chi connectivity index (χ1n) is 12.6. The van der Waals surface area contributed by atoms with Crippen molar-refractivity contribution in [2.75, 3.05) is 10.6 Å². The Bertz CT molecular complexity index is 1320. The van der Waals surface area contributed by atoms with Crippen molar-refractivity contribution in [3.05, 3.63) is 45.7 Å². The van der Waals surface area contributed by atoms with E-state index in [9.17, 15) is 18.8 Å². The molecule has 11 nitrogen and oxygen atoms in total. The topological polar surface area (TPSA) is 145 Å². The molecule has 39 heavy (non-hydrogen) atoms. The molecule has 208 valence electrons. The van der Waals surface area contributed by atoms with Gasteiger partial charge in [-0.25, -0.2) is 9.18 Å². The molecule has 1 aliphatic rings. The van der Waals surface area contributed by atoms with Crippen LogP contribution in [0.2, 0.25) is 0 Å². The number of ether oxygens (including phenoxy) is 2. The molecule has 1 aliphatic heterocycles. The number of nitrogens with zero attached hydrogens (tertiary/aromatic N) is 4. The zero-order valence-corrected chi connectivity index (χ0v) is 23.2. The summed E-state index contributed by atoms with van der Waals surface area (Å²) in [6.07, 6.45) is 3.33. The summed E-state index contributed by atoms with van der Waals surface area (Å²) in [5.74, 6) is -2.58. The number of cyclic esters (lactones) is 1. The maximum absolute atomic E-state index is 13.3. The molecule has 0 saturated carbocycles. The van der Waals surface area contributed by atoms with E-state index in [1.807, 2.05) is 6.92 Å². The normalized spacial score (nSPS) is 18.6. The fourth-order valence-corrected chi connectivity index (χ4v) is 5.63. The van der Waals surface area contributed by atoms with Gasteiger partial charge in [0.15, 0.2) is 6.10 Å². The number of esters is 1. The fraction of sp³-hybridized carbons (Fsp3) is 0.480.